The number of carbonyl (C=O) groups excluding carboxylic acids is 1. The lowest BCUT2D eigenvalue weighted by Crippen LogP contribution is -2.29. The van der Waals surface area contributed by atoms with E-state index in [0.717, 1.165) is 6.42 Å². The number of aryl methyl sites for hydroxylation is 1. The Morgan fingerprint density at radius 3 is 2.73 bits per heavy atom. The molecule has 3 rings (SSSR count). The van der Waals surface area contributed by atoms with Gasteiger partial charge in [0.05, 0.1) is 17.6 Å². The molecule has 0 aliphatic heterocycles. The number of hydrogen-bond acceptors (Lipinski definition) is 4. The molecular weight excluding hydrogens is 385 g/mol. The summed E-state index contributed by atoms with van der Waals surface area (Å²) in [6, 6.07) is 13.6. The SMILES string of the molecule is CCOCCCNC(=O)CCc1nc2ccccc2n(Cc2ccccc2F)c1=O. The Labute approximate surface area is 174 Å². The molecule has 0 spiro atoms. The molecule has 1 N–H and O–H groups in total. The van der Waals surface area contributed by atoms with E-state index < -0.39 is 0 Å². The standard InChI is InChI=1S/C23H26FN3O3/c1-2-30-15-7-14-25-22(28)13-12-20-23(29)27(16-17-8-3-4-9-18(17)24)21-11-6-5-10-19(21)26-20/h3-6,8-11H,2,7,12-16H2,1H3,(H,25,28). The number of para-hydroxylation sites is 2. The lowest BCUT2D eigenvalue weighted by atomic mass is 10.1. The number of aromatic nitrogens is 2. The van der Waals surface area contributed by atoms with Gasteiger partial charge in [0, 0.05) is 38.2 Å². The van der Waals surface area contributed by atoms with Gasteiger partial charge in [0.1, 0.15) is 11.5 Å². The summed E-state index contributed by atoms with van der Waals surface area (Å²) in [6.07, 6.45) is 1.12. The van der Waals surface area contributed by atoms with Crippen LogP contribution in [0.15, 0.2) is 53.3 Å². The Morgan fingerprint density at radius 1 is 1.17 bits per heavy atom. The van der Waals surface area contributed by atoms with Crippen LogP contribution in [0.2, 0.25) is 0 Å². The van der Waals surface area contributed by atoms with E-state index in [4.69, 9.17) is 4.74 Å². The number of hydrogen-bond donors (Lipinski definition) is 1. The first-order chi connectivity index (χ1) is 14.6. The fraction of sp³-hybridized carbons (Fsp3) is 0.348. The van der Waals surface area contributed by atoms with E-state index >= 15 is 0 Å². The molecule has 30 heavy (non-hydrogen) atoms. The van der Waals surface area contributed by atoms with Gasteiger partial charge in [-0.25, -0.2) is 9.37 Å². The van der Waals surface area contributed by atoms with Gasteiger partial charge in [-0.1, -0.05) is 30.3 Å². The molecule has 158 valence electrons. The maximum atomic E-state index is 14.2. The first-order valence-corrected chi connectivity index (χ1v) is 10.2. The Balaban J connectivity index is 1.77. The molecule has 1 amide bonds. The van der Waals surface area contributed by atoms with E-state index in [9.17, 15) is 14.0 Å². The minimum absolute atomic E-state index is 0.102. The normalized spacial score (nSPS) is 11.0. The third-order valence-electron chi connectivity index (χ3n) is 4.79. The Kier molecular flexibility index (Phi) is 7.68. The molecule has 2 aromatic carbocycles. The van der Waals surface area contributed by atoms with Gasteiger partial charge in [-0.05, 0) is 31.5 Å². The summed E-state index contributed by atoms with van der Waals surface area (Å²) in [7, 11) is 0. The van der Waals surface area contributed by atoms with Crippen LogP contribution in [0, 0.1) is 5.82 Å². The number of carbonyl (C=O) groups is 1. The van der Waals surface area contributed by atoms with E-state index in [2.05, 4.69) is 10.3 Å². The van der Waals surface area contributed by atoms with Gasteiger partial charge in [0.15, 0.2) is 0 Å². The van der Waals surface area contributed by atoms with Crippen molar-refractivity contribution in [3.05, 3.63) is 76.0 Å². The van der Waals surface area contributed by atoms with Crippen molar-refractivity contribution in [2.75, 3.05) is 19.8 Å². The number of amides is 1. The van der Waals surface area contributed by atoms with E-state index in [1.54, 1.807) is 24.3 Å². The van der Waals surface area contributed by atoms with Crippen molar-refractivity contribution in [1.82, 2.24) is 14.9 Å². The maximum Gasteiger partial charge on any atom is 0.273 e. The molecule has 0 fully saturated rings. The van der Waals surface area contributed by atoms with Crippen LogP contribution in [0.25, 0.3) is 11.0 Å². The molecule has 3 aromatic rings. The van der Waals surface area contributed by atoms with Crippen molar-refractivity contribution in [2.45, 2.75) is 32.7 Å². The Morgan fingerprint density at radius 2 is 1.93 bits per heavy atom. The molecule has 7 heteroatoms. The molecule has 0 radical (unpaired) electrons. The Hall–Kier alpha value is -3.06. The zero-order valence-electron chi connectivity index (χ0n) is 17.1. The first-order valence-electron chi connectivity index (χ1n) is 10.2. The number of benzene rings is 2. The van der Waals surface area contributed by atoms with Gasteiger partial charge in [-0.2, -0.15) is 0 Å². The molecule has 0 saturated heterocycles. The van der Waals surface area contributed by atoms with Crippen LogP contribution in [0.3, 0.4) is 0 Å². The molecule has 0 saturated carbocycles. The van der Waals surface area contributed by atoms with Crippen LogP contribution >= 0.6 is 0 Å². The van der Waals surface area contributed by atoms with Crippen molar-refractivity contribution in [3.8, 4) is 0 Å². The van der Waals surface area contributed by atoms with Gasteiger partial charge < -0.3 is 14.6 Å². The van der Waals surface area contributed by atoms with E-state index in [-0.39, 0.29) is 36.7 Å². The summed E-state index contributed by atoms with van der Waals surface area (Å²) >= 11 is 0. The topological polar surface area (TPSA) is 73.2 Å². The number of halogens is 1. The van der Waals surface area contributed by atoms with E-state index in [1.165, 1.54) is 10.6 Å². The van der Waals surface area contributed by atoms with E-state index in [1.807, 2.05) is 25.1 Å². The molecule has 0 unspecified atom stereocenters. The highest BCUT2D eigenvalue weighted by atomic mass is 19.1. The summed E-state index contributed by atoms with van der Waals surface area (Å²) in [5, 5.41) is 2.83. The van der Waals surface area contributed by atoms with Crippen molar-refractivity contribution in [3.63, 3.8) is 0 Å². The van der Waals surface area contributed by atoms with Crippen molar-refractivity contribution >= 4 is 16.9 Å². The second kappa shape index (κ2) is 10.6. The van der Waals surface area contributed by atoms with Gasteiger partial charge in [0.2, 0.25) is 5.91 Å². The predicted octanol–water partition coefficient (Wildman–Crippen LogP) is 3.06. The average molecular weight is 411 g/mol. The molecule has 0 aliphatic carbocycles. The largest absolute Gasteiger partial charge is 0.382 e. The van der Waals surface area contributed by atoms with Crippen LogP contribution in [-0.2, 0) is 22.5 Å². The number of fused-ring (bicyclic) bond motifs is 1. The minimum atomic E-state index is -0.363. The molecular formula is C23H26FN3O3. The maximum absolute atomic E-state index is 14.2. The number of ether oxygens (including phenoxy) is 1. The van der Waals surface area contributed by atoms with Crippen molar-refractivity contribution < 1.29 is 13.9 Å². The third-order valence-corrected chi connectivity index (χ3v) is 4.79. The van der Waals surface area contributed by atoms with Gasteiger partial charge in [-0.15, -0.1) is 0 Å². The lowest BCUT2D eigenvalue weighted by Gasteiger charge is -2.13. The molecule has 0 atom stereocenters. The van der Waals surface area contributed by atoms with Gasteiger partial charge in [0.25, 0.3) is 5.56 Å². The lowest BCUT2D eigenvalue weighted by molar-refractivity contribution is -0.121. The van der Waals surface area contributed by atoms with Gasteiger partial charge >= 0.3 is 0 Å². The number of rotatable bonds is 10. The summed E-state index contributed by atoms with van der Waals surface area (Å²) < 4.78 is 20.9. The van der Waals surface area contributed by atoms with Crippen molar-refractivity contribution in [2.24, 2.45) is 0 Å². The quantitative estimate of drug-likeness (QED) is 0.521. The Bertz CT molecular complexity index is 1060. The van der Waals surface area contributed by atoms with Crippen LogP contribution in [-0.4, -0.2) is 35.2 Å². The van der Waals surface area contributed by atoms with Crippen molar-refractivity contribution in [1.29, 1.82) is 0 Å². The second-order valence-corrected chi connectivity index (χ2v) is 6.93. The van der Waals surface area contributed by atoms with Gasteiger partial charge in [-0.3, -0.25) is 9.59 Å². The van der Waals surface area contributed by atoms with Crippen LogP contribution in [0.1, 0.15) is 31.0 Å². The summed E-state index contributed by atoms with van der Waals surface area (Å²) in [5.41, 5.74) is 1.69. The highest BCUT2D eigenvalue weighted by molar-refractivity contribution is 5.77. The second-order valence-electron chi connectivity index (χ2n) is 6.93. The highest BCUT2D eigenvalue weighted by Gasteiger charge is 2.14. The highest BCUT2D eigenvalue weighted by Crippen LogP contribution is 2.14. The van der Waals surface area contributed by atoms with E-state index in [0.29, 0.717) is 42.0 Å². The summed E-state index contributed by atoms with van der Waals surface area (Å²) in [4.78, 5) is 29.6. The van der Waals surface area contributed by atoms with Crippen LogP contribution in [0.4, 0.5) is 4.39 Å². The zero-order chi connectivity index (χ0) is 21.3. The molecule has 6 nitrogen and oxygen atoms in total. The summed E-state index contributed by atoms with van der Waals surface area (Å²) in [6.45, 7) is 3.81. The molecule has 0 aliphatic rings. The molecule has 1 heterocycles. The van der Waals surface area contributed by atoms with Crippen LogP contribution < -0.4 is 10.9 Å². The predicted molar refractivity (Wildman–Crippen MR) is 114 cm³/mol. The third kappa shape index (κ3) is 5.51. The monoisotopic (exact) mass is 411 g/mol. The van der Waals surface area contributed by atoms with Crippen LogP contribution in [0.5, 0.6) is 0 Å². The summed E-state index contributed by atoms with van der Waals surface area (Å²) in [5.74, 6) is -0.500. The number of nitrogens with one attached hydrogen (secondary N) is 1. The molecule has 0 bridgehead atoms. The first kappa shape index (κ1) is 21.6. The average Bonchev–Trinajstić information content (AvgIpc) is 2.75. The fourth-order valence-electron chi connectivity index (χ4n) is 3.23. The zero-order valence-corrected chi connectivity index (χ0v) is 17.1. The minimum Gasteiger partial charge on any atom is -0.382 e. The number of nitrogens with zero attached hydrogens (tertiary/aromatic N) is 2. The fourth-order valence-corrected chi connectivity index (χ4v) is 3.23. The smallest absolute Gasteiger partial charge is 0.273 e. The molecule has 1 aromatic heterocycles.